The van der Waals surface area contributed by atoms with Crippen molar-refractivity contribution in [2.45, 2.75) is 32.2 Å². The zero-order chi connectivity index (χ0) is 20.2. The maximum absolute atomic E-state index is 12.3. The van der Waals surface area contributed by atoms with E-state index in [0.717, 1.165) is 28.9 Å². The molecular formula is C22H21N3O3S. The van der Waals surface area contributed by atoms with Crippen molar-refractivity contribution < 1.29 is 14.4 Å². The molecule has 148 valence electrons. The van der Waals surface area contributed by atoms with Gasteiger partial charge in [-0.25, -0.2) is 4.98 Å². The fourth-order valence-corrected chi connectivity index (χ4v) is 4.32. The molecule has 0 unspecified atom stereocenters. The van der Waals surface area contributed by atoms with E-state index < -0.39 is 0 Å². The highest BCUT2D eigenvalue weighted by Gasteiger charge is 2.28. The first kappa shape index (κ1) is 19.3. The van der Waals surface area contributed by atoms with Crippen LogP contribution in [0.3, 0.4) is 0 Å². The Morgan fingerprint density at radius 2 is 1.76 bits per heavy atom. The van der Waals surface area contributed by atoms with Crippen molar-refractivity contribution >= 4 is 39.3 Å². The van der Waals surface area contributed by atoms with Crippen molar-refractivity contribution in [2.24, 2.45) is 0 Å². The highest BCUT2D eigenvalue weighted by molar-refractivity contribution is 7.18. The number of nitrogens with one attached hydrogen (secondary N) is 1. The number of hydrogen-bond acceptors (Lipinski definition) is 5. The molecule has 0 spiro atoms. The number of nitrogens with zero attached hydrogens (tertiary/aromatic N) is 2. The lowest BCUT2D eigenvalue weighted by Gasteiger charge is -2.14. The van der Waals surface area contributed by atoms with Crippen molar-refractivity contribution in [1.29, 1.82) is 0 Å². The molecule has 0 bridgehead atoms. The maximum Gasteiger partial charge on any atom is 0.251 e. The standard InChI is InChI=1S/C22H21N3O3S/c26-20-11-12-21(27)25(20)14-15-7-9-16(10-8-15)22(28)23-13-3-6-19-24-17-4-1-2-5-18(17)29-19/h1-2,4-5,7-10H,3,6,11-14H2,(H,23,28). The molecule has 1 N–H and O–H groups in total. The van der Waals surface area contributed by atoms with Gasteiger partial charge in [0.05, 0.1) is 21.8 Å². The Morgan fingerprint density at radius 1 is 1.03 bits per heavy atom. The normalized spacial score (nSPS) is 14.0. The van der Waals surface area contributed by atoms with E-state index in [0.29, 0.717) is 12.1 Å². The minimum atomic E-state index is -0.134. The number of aromatic nitrogens is 1. The van der Waals surface area contributed by atoms with Gasteiger partial charge in [0.25, 0.3) is 5.91 Å². The van der Waals surface area contributed by atoms with E-state index in [-0.39, 0.29) is 37.1 Å². The molecule has 4 rings (SSSR count). The number of fused-ring (bicyclic) bond motifs is 1. The third kappa shape index (κ3) is 4.51. The molecule has 2 heterocycles. The quantitative estimate of drug-likeness (QED) is 0.481. The third-order valence-corrected chi connectivity index (χ3v) is 6.00. The van der Waals surface area contributed by atoms with Crippen molar-refractivity contribution in [1.82, 2.24) is 15.2 Å². The number of benzene rings is 2. The smallest absolute Gasteiger partial charge is 0.251 e. The van der Waals surface area contributed by atoms with Gasteiger partial charge in [0.1, 0.15) is 0 Å². The molecule has 29 heavy (non-hydrogen) atoms. The summed E-state index contributed by atoms with van der Waals surface area (Å²) in [6.07, 6.45) is 2.23. The number of para-hydroxylation sites is 1. The Hall–Kier alpha value is -3.06. The van der Waals surface area contributed by atoms with Crippen molar-refractivity contribution in [3.05, 3.63) is 64.7 Å². The summed E-state index contributed by atoms with van der Waals surface area (Å²) in [5.74, 6) is -0.399. The fraction of sp³-hybridized carbons (Fsp3) is 0.273. The van der Waals surface area contributed by atoms with E-state index >= 15 is 0 Å². The Kier molecular flexibility index (Phi) is 5.67. The summed E-state index contributed by atoms with van der Waals surface area (Å²) < 4.78 is 1.18. The molecule has 6 nitrogen and oxygen atoms in total. The topological polar surface area (TPSA) is 79.4 Å². The number of carbonyl (C=O) groups excluding carboxylic acids is 3. The van der Waals surface area contributed by atoms with Gasteiger partial charge in [-0.2, -0.15) is 0 Å². The lowest BCUT2D eigenvalue weighted by molar-refractivity contribution is -0.139. The highest BCUT2D eigenvalue weighted by atomic mass is 32.1. The minimum Gasteiger partial charge on any atom is -0.352 e. The van der Waals surface area contributed by atoms with Crippen LogP contribution in [0.5, 0.6) is 0 Å². The van der Waals surface area contributed by atoms with Gasteiger partial charge in [0, 0.05) is 31.4 Å². The van der Waals surface area contributed by atoms with E-state index in [1.807, 2.05) is 18.2 Å². The van der Waals surface area contributed by atoms with E-state index in [4.69, 9.17) is 0 Å². The Balaban J connectivity index is 1.25. The van der Waals surface area contributed by atoms with Crippen molar-refractivity contribution in [3.63, 3.8) is 0 Å². The average molecular weight is 407 g/mol. The Bertz CT molecular complexity index is 1010. The van der Waals surface area contributed by atoms with Crippen LogP contribution in [0.2, 0.25) is 0 Å². The van der Waals surface area contributed by atoms with Crippen LogP contribution >= 0.6 is 11.3 Å². The molecule has 3 amide bonds. The summed E-state index contributed by atoms with van der Waals surface area (Å²) in [6.45, 7) is 0.842. The summed E-state index contributed by atoms with van der Waals surface area (Å²) in [4.78, 5) is 41.6. The zero-order valence-corrected chi connectivity index (χ0v) is 16.7. The van der Waals surface area contributed by atoms with Gasteiger partial charge in [-0.15, -0.1) is 11.3 Å². The molecule has 0 atom stereocenters. The first-order valence-electron chi connectivity index (χ1n) is 9.65. The lowest BCUT2D eigenvalue weighted by Crippen LogP contribution is -2.28. The van der Waals surface area contributed by atoms with Crippen molar-refractivity contribution in [2.75, 3.05) is 6.54 Å². The van der Waals surface area contributed by atoms with Crippen LogP contribution in [0.25, 0.3) is 10.2 Å². The van der Waals surface area contributed by atoms with E-state index in [2.05, 4.69) is 16.4 Å². The van der Waals surface area contributed by atoms with Gasteiger partial charge in [-0.1, -0.05) is 24.3 Å². The predicted octanol–water partition coefficient (Wildman–Crippen LogP) is 3.31. The molecule has 0 radical (unpaired) electrons. The molecule has 7 heteroatoms. The zero-order valence-electron chi connectivity index (χ0n) is 15.9. The van der Waals surface area contributed by atoms with Gasteiger partial charge in [0.2, 0.25) is 11.8 Å². The number of thiazole rings is 1. The second kappa shape index (κ2) is 8.53. The molecule has 0 aliphatic carbocycles. The molecule has 2 aromatic carbocycles. The monoisotopic (exact) mass is 407 g/mol. The van der Waals surface area contributed by atoms with Crippen LogP contribution in [-0.2, 0) is 22.6 Å². The van der Waals surface area contributed by atoms with Crippen LogP contribution in [0.4, 0.5) is 0 Å². The number of imide groups is 1. The van der Waals surface area contributed by atoms with Crippen LogP contribution in [0, 0.1) is 0 Å². The van der Waals surface area contributed by atoms with Crippen LogP contribution in [0.1, 0.15) is 40.2 Å². The van der Waals surface area contributed by atoms with Gasteiger partial charge in [0.15, 0.2) is 0 Å². The number of hydrogen-bond donors (Lipinski definition) is 1. The first-order valence-corrected chi connectivity index (χ1v) is 10.5. The number of amides is 3. The van der Waals surface area contributed by atoms with Crippen LogP contribution < -0.4 is 5.32 Å². The second-order valence-corrected chi connectivity index (χ2v) is 8.12. The Labute approximate surface area is 172 Å². The molecule has 1 aromatic heterocycles. The van der Waals surface area contributed by atoms with Crippen LogP contribution in [-0.4, -0.2) is 34.2 Å². The molecule has 3 aromatic rings. The number of rotatable bonds is 7. The van der Waals surface area contributed by atoms with Crippen molar-refractivity contribution in [3.8, 4) is 0 Å². The highest BCUT2D eigenvalue weighted by Crippen LogP contribution is 2.22. The lowest BCUT2D eigenvalue weighted by atomic mass is 10.1. The van der Waals surface area contributed by atoms with Gasteiger partial charge in [-0.3, -0.25) is 19.3 Å². The second-order valence-electron chi connectivity index (χ2n) is 7.01. The number of likely N-dealkylation sites (tertiary alicyclic amines) is 1. The maximum atomic E-state index is 12.3. The average Bonchev–Trinajstić information content (AvgIpc) is 3.29. The van der Waals surface area contributed by atoms with Gasteiger partial charge in [-0.05, 0) is 36.2 Å². The molecule has 1 saturated heterocycles. The van der Waals surface area contributed by atoms with Gasteiger partial charge < -0.3 is 5.32 Å². The summed E-state index contributed by atoms with van der Waals surface area (Å²) in [5.41, 5.74) is 2.42. The molecule has 1 aliphatic rings. The van der Waals surface area contributed by atoms with Crippen LogP contribution in [0.15, 0.2) is 48.5 Å². The SMILES string of the molecule is O=C(NCCCc1nc2ccccc2s1)c1ccc(CN2C(=O)CCC2=O)cc1. The van der Waals surface area contributed by atoms with E-state index in [9.17, 15) is 14.4 Å². The van der Waals surface area contributed by atoms with E-state index in [1.54, 1.807) is 35.6 Å². The number of aryl methyl sites for hydroxylation is 1. The first-order chi connectivity index (χ1) is 14.1. The predicted molar refractivity (Wildman–Crippen MR) is 112 cm³/mol. The molecule has 1 aliphatic heterocycles. The summed E-state index contributed by atoms with van der Waals surface area (Å²) >= 11 is 1.69. The number of carbonyl (C=O) groups is 3. The molecular weight excluding hydrogens is 386 g/mol. The minimum absolute atomic E-state index is 0.130. The molecule has 0 saturated carbocycles. The fourth-order valence-electron chi connectivity index (χ4n) is 3.31. The summed E-state index contributed by atoms with van der Waals surface area (Å²) in [7, 11) is 0. The summed E-state index contributed by atoms with van der Waals surface area (Å²) in [5, 5.41) is 4.01. The van der Waals surface area contributed by atoms with E-state index in [1.165, 1.54) is 9.60 Å². The third-order valence-electron chi connectivity index (χ3n) is 4.90. The Morgan fingerprint density at radius 3 is 2.48 bits per heavy atom. The summed E-state index contributed by atoms with van der Waals surface area (Å²) in [6, 6.07) is 15.1. The largest absolute Gasteiger partial charge is 0.352 e. The van der Waals surface area contributed by atoms with Gasteiger partial charge >= 0.3 is 0 Å². The molecule has 1 fully saturated rings.